The van der Waals surface area contributed by atoms with E-state index in [9.17, 15) is 9.59 Å². The number of fused-ring (bicyclic) bond motifs is 2. The molecule has 0 saturated carbocycles. The van der Waals surface area contributed by atoms with Gasteiger partial charge < -0.3 is 19.5 Å². The van der Waals surface area contributed by atoms with Gasteiger partial charge in [-0.3, -0.25) is 4.79 Å². The summed E-state index contributed by atoms with van der Waals surface area (Å²) in [6.07, 6.45) is -0.529. The lowest BCUT2D eigenvalue weighted by Gasteiger charge is -2.09. The second-order valence-corrected chi connectivity index (χ2v) is 7.20. The Morgan fingerprint density at radius 1 is 1.18 bits per heavy atom. The summed E-state index contributed by atoms with van der Waals surface area (Å²) in [5.41, 5.74) is 2.86. The smallest absolute Gasteiger partial charge is 0.339 e. The maximum absolute atomic E-state index is 12.4. The first kappa shape index (κ1) is 16.8. The van der Waals surface area contributed by atoms with Crippen molar-refractivity contribution in [3.05, 3.63) is 59.0 Å². The molecule has 1 amide bonds. The topological polar surface area (TPSA) is 86.8 Å². The number of anilines is 1. The highest BCUT2D eigenvalue weighted by Gasteiger charge is 2.32. The van der Waals surface area contributed by atoms with Crippen molar-refractivity contribution < 1.29 is 23.8 Å². The van der Waals surface area contributed by atoms with Crippen molar-refractivity contribution in [3.8, 4) is 22.8 Å². The number of esters is 1. The van der Waals surface area contributed by atoms with E-state index >= 15 is 0 Å². The van der Waals surface area contributed by atoms with E-state index in [1.54, 1.807) is 18.2 Å². The van der Waals surface area contributed by atoms with Crippen LogP contribution in [0.5, 0.6) is 11.5 Å². The highest BCUT2D eigenvalue weighted by molar-refractivity contribution is 7.14. The molecule has 0 radical (unpaired) electrons. The van der Waals surface area contributed by atoms with E-state index in [-0.39, 0.29) is 19.1 Å². The lowest BCUT2D eigenvalue weighted by Crippen LogP contribution is -2.15. The van der Waals surface area contributed by atoms with Crippen LogP contribution in [0.4, 0.5) is 5.13 Å². The van der Waals surface area contributed by atoms with Gasteiger partial charge in [0.2, 0.25) is 12.7 Å². The Balaban J connectivity index is 1.27. The molecule has 2 aliphatic rings. The highest BCUT2D eigenvalue weighted by Crippen LogP contribution is 2.37. The molecule has 0 spiro atoms. The quantitative estimate of drug-likeness (QED) is 0.678. The largest absolute Gasteiger partial charge is 0.454 e. The Hall–Kier alpha value is -3.39. The molecular weight excluding hydrogens is 380 g/mol. The zero-order chi connectivity index (χ0) is 19.1. The molecule has 1 aromatic heterocycles. The Morgan fingerprint density at radius 2 is 2.04 bits per heavy atom. The van der Waals surface area contributed by atoms with Crippen LogP contribution in [-0.2, 0) is 9.53 Å². The van der Waals surface area contributed by atoms with Crippen LogP contribution in [0.15, 0.2) is 47.8 Å². The minimum atomic E-state index is -0.572. The molecule has 0 unspecified atom stereocenters. The number of hydrogen-bond acceptors (Lipinski definition) is 7. The maximum Gasteiger partial charge on any atom is 0.339 e. The van der Waals surface area contributed by atoms with E-state index in [4.69, 9.17) is 14.2 Å². The second-order valence-electron chi connectivity index (χ2n) is 6.34. The highest BCUT2D eigenvalue weighted by atomic mass is 32.1. The van der Waals surface area contributed by atoms with Crippen molar-refractivity contribution in [2.75, 3.05) is 12.1 Å². The number of cyclic esters (lactones) is 1. The molecule has 2 aliphatic heterocycles. The Morgan fingerprint density at radius 3 is 2.96 bits per heavy atom. The molecule has 3 heterocycles. The van der Waals surface area contributed by atoms with Gasteiger partial charge in [0.25, 0.3) is 0 Å². The van der Waals surface area contributed by atoms with Gasteiger partial charge in [0.05, 0.1) is 17.7 Å². The molecule has 140 valence electrons. The predicted octanol–water partition coefficient (Wildman–Crippen LogP) is 3.78. The zero-order valence-corrected chi connectivity index (χ0v) is 15.3. The number of carbonyl (C=O) groups excluding carboxylic acids is 2. The third-order valence-corrected chi connectivity index (χ3v) is 5.32. The second kappa shape index (κ2) is 6.65. The number of benzene rings is 2. The molecule has 3 aromatic rings. The number of nitrogens with zero attached hydrogens (tertiary/aromatic N) is 1. The molecule has 1 N–H and O–H groups in total. The van der Waals surface area contributed by atoms with Gasteiger partial charge >= 0.3 is 5.97 Å². The SMILES string of the molecule is O=C(C[C@@H]1OC(=O)c2ccccc21)Nc1nc(-c2ccc3c(c2)OCO3)cs1. The number of aromatic nitrogens is 1. The van der Waals surface area contributed by atoms with Crippen LogP contribution in [0, 0.1) is 0 Å². The zero-order valence-electron chi connectivity index (χ0n) is 14.5. The fourth-order valence-corrected chi connectivity index (χ4v) is 3.97. The standard InChI is InChI=1S/C20H14N2O5S/c23-18(8-16-12-3-1-2-4-13(12)19(24)27-16)22-20-21-14(9-28-20)11-5-6-15-17(7-11)26-10-25-15/h1-7,9,16H,8,10H2,(H,21,22,23)/t16-/m0/s1. The summed E-state index contributed by atoms with van der Waals surface area (Å²) in [7, 11) is 0. The first-order valence-corrected chi connectivity index (χ1v) is 9.50. The first-order valence-electron chi connectivity index (χ1n) is 8.63. The van der Waals surface area contributed by atoms with Crippen molar-refractivity contribution in [3.63, 3.8) is 0 Å². The van der Waals surface area contributed by atoms with Crippen LogP contribution in [0.25, 0.3) is 11.3 Å². The lowest BCUT2D eigenvalue weighted by atomic mass is 10.0. The number of rotatable bonds is 4. The van der Waals surface area contributed by atoms with E-state index in [1.165, 1.54) is 11.3 Å². The van der Waals surface area contributed by atoms with E-state index in [2.05, 4.69) is 10.3 Å². The van der Waals surface area contributed by atoms with Gasteiger partial charge in [-0.25, -0.2) is 9.78 Å². The van der Waals surface area contributed by atoms with Crippen molar-refractivity contribution in [2.24, 2.45) is 0 Å². The summed E-state index contributed by atoms with van der Waals surface area (Å²) in [5.74, 6) is 0.727. The first-order chi connectivity index (χ1) is 13.7. The minimum Gasteiger partial charge on any atom is -0.454 e. The van der Waals surface area contributed by atoms with Gasteiger partial charge in [0, 0.05) is 16.5 Å². The molecule has 0 aliphatic carbocycles. The summed E-state index contributed by atoms with van der Waals surface area (Å²) >= 11 is 1.33. The van der Waals surface area contributed by atoms with Crippen LogP contribution in [-0.4, -0.2) is 23.7 Å². The molecule has 0 saturated heterocycles. The Bertz CT molecular complexity index is 1090. The van der Waals surface area contributed by atoms with Gasteiger partial charge in [0.1, 0.15) is 6.10 Å². The fraction of sp³-hybridized carbons (Fsp3) is 0.150. The average molecular weight is 394 g/mol. The molecule has 5 rings (SSSR count). The fourth-order valence-electron chi connectivity index (χ4n) is 3.23. The molecule has 28 heavy (non-hydrogen) atoms. The van der Waals surface area contributed by atoms with Crippen molar-refractivity contribution in [1.82, 2.24) is 4.98 Å². The molecule has 1 atom stereocenters. The number of ether oxygens (including phenoxy) is 3. The van der Waals surface area contributed by atoms with Gasteiger partial charge in [-0.1, -0.05) is 18.2 Å². The summed E-state index contributed by atoms with van der Waals surface area (Å²) in [4.78, 5) is 28.7. The van der Waals surface area contributed by atoms with E-state index in [1.807, 2.05) is 29.6 Å². The van der Waals surface area contributed by atoms with Crippen LogP contribution < -0.4 is 14.8 Å². The van der Waals surface area contributed by atoms with Crippen molar-refractivity contribution in [2.45, 2.75) is 12.5 Å². The Labute approximate surface area is 163 Å². The number of nitrogens with one attached hydrogen (secondary N) is 1. The third kappa shape index (κ3) is 2.97. The summed E-state index contributed by atoms with van der Waals surface area (Å²) < 4.78 is 16.0. The lowest BCUT2D eigenvalue weighted by molar-refractivity contribution is -0.118. The minimum absolute atomic E-state index is 0.0433. The normalized spacial score (nSPS) is 16.6. The predicted molar refractivity (Wildman–Crippen MR) is 102 cm³/mol. The van der Waals surface area contributed by atoms with Gasteiger partial charge in [-0.05, 0) is 24.3 Å². The van der Waals surface area contributed by atoms with Gasteiger partial charge in [-0.15, -0.1) is 11.3 Å². The molecule has 0 bridgehead atoms. The van der Waals surface area contributed by atoms with E-state index in [0.29, 0.717) is 22.2 Å². The van der Waals surface area contributed by atoms with Crippen LogP contribution in [0.3, 0.4) is 0 Å². The summed E-state index contributed by atoms with van der Waals surface area (Å²) in [5, 5.41) is 5.12. The Kier molecular flexibility index (Phi) is 3.98. The van der Waals surface area contributed by atoms with Crippen molar-refractivity contribution in [1.29, 1.82) is 0 Å². The summed E-state index contributed by atoms with van der Waals surface area (Å²) in [6, 6.07) is 12.7. The van der Waals surface area contributed by atoms with Gasteiger partial charge in [-0.2, -0.15) is 0 Å². The number of amides is 1. The number of hydrogen-bond donors (Lipinski definition) is 1. The molecule has 7 nitrogen and oxygen atoms in total. The molecule has 0 fully saturated rings. The van der Waals surface area contributed by atoms with Crippen LogP contribution in [0.1, 0.15) is 28.4 Å². The molecular formula is C20H14N2O5S. The number of thiazole rings is 1. The number of carbonyl (C=O) groups is 2. The maximum atomic E-state index is 12.4. The van der Waals surface area contributed by atoms with E-state index in [0.717, 1.165) is 16.8 Å². The van der Waals surface area contributed by atoms with Crippen molar-refractivity contribution >= 4 is 28.3 Å². The summed E-state index contributed by atoms with van der Waals surface area (Å²) in [6.45, 7) is 0.214. The average Bonchev–Trinajstić information content (AvgIpc) is 3.41. The van der Waals surface area contributed by atoms with Crippen LogP contribution >= 0.6 is 11.3 Å². The van der Waals surface area contributed by atoms with Gasteiger partial charge in [0.15, 0.2) is 16.6 Å². The molecule has 8 heteroatoms. The van der Waals surface area contributed by atoms with Crippen LogP contribution in [0.2, 0.25) is 0 Å². The monoisotopic (exact) mass is 394 g/mol. The van der Waals surface area contributed by atoms with E-state index < -0.39 is 12.1 Å². The third-order valence-electron chi connectivity index (χ3n) is 4.57. The molecule has 2 aromatic carbocycles.